The van der Waals surface area contributed by atoms with E-state index in [0.29, 0.717) is 13.1 Å². The number of hydrogen-bond donors (Lipinski definition) is 1. The number of benzene rings is 1. The smallest absolute Gasteiger partial charge is 0.236 e. The first-order chi connectivity index (χ1) is 8.74. The Morgan fingerprint density at radius 2 is 2.17 bits per heavy atom. The van der Waals surface area contributed by atoms with E-state index in [1.54, 1.807) is 14.2 Å². The molecule has 18 heavy (non-hydrogen) atoms. The van der Waals surface area contributed by atoms with Gasteiger partial charge in [0, 0.05) is 31.3 Å². The van der Waals surface area contributed by atoms with E-state index in [0.717, 1.165) is 30.2 Å². The fourth-order valence-electron chi connectivity index (χ4n) is 2.00. The summed E-state index contributed by atoms with van der Waals surface area (Å²) in [4.78, 5) is 13.6. The summed E-state index contributed by atoms with van der Waals surface area (Å²) in [6.45, 7) is 2.56. The summed E-state index contributed by atoms with van der Waals surface area (Å²) in [7, 11) is 3.24. The molecule has 5 nitrogen and oxygen atoms in total. The molecule has 1 aromatic rings. The minimum absolute atomic E-state index is 0.124. The Hall–Kier alpha value is -1.75. The molecule has 1 aromatic carbocycles. The monoisotopic (exact) mass is 250 g/mol. The molecular formula is C13H18N2O3. The lowest BCUT2D eigenvalue weighted by Gasteiger charge is -2.28. The van der Waals surface area contributed by atoms with Crippen molar-refractivity contribution in [1.82, 2.24) is 10.2 Å². The van der Waals surface area contributed by atoms with E-state index in [2.05, 4.69) is 5.32 Å². The summed E-state index contributed by atoms with van der Waals surface area (Å²) in [6.07, 6.45) is 0. The molecule has 98 valence electrons. The number of rotatable bonds is 4. The predicted molar refractivity (Wildman–Crippen MR) is 67.8 cm³/mol. The Balaban J connectivity index is 2.14. The van der Waals surface area contributed by atoms with E-state index in [1.165, 1.54) is 0 Å². The Morgan fingerprint density at radius 3 is 2.83 bits per heavy atom. The Morgan fingerprint density at radius 1 is 1.33 bits per heavy atom. The second-order valence-corrected chi connectivity index (χ2v) is 4.17. The highest BCUT2D eigenvalue weighted by atomic mass is 16.5. The first-order valence-corrected chi connectivity index (χ1v) is 5.94. The highest BCUT2D eigenvalue weighted by Gasteiger charge is 2.19. The van der Waals surface area contributed by atoms with Crippen molar-refractivity contribution < 1.29 is 14.3 Å². The van der Waals surface area contributed by atoms with Gasteiger partial charge in [-0.1, -0.05) is 0 Å². The number of amides is 1. The van der Waals surface area contributed by atoms with Crippen molar-refractivity contribution in [3.63, 3.8) is 0 Å². The first-order valence-electron chi connectivity index (χ1n) is 5.94. The molecular weight excluding hydrogens is 232 g/mol. The fraction of sp³-hybridized carbons (Fsp3) is 0.462. The van der Waals surface area contributed by atoms with Crippen LogP contribution in [-0.4, -0.2) is 44.7 Å². The fourth-order valence-corrected chi connectivity index (χ4v) is 2.00. The lowest BCUT2D eigenvalue weighted by Crippen LogP contribution is -2.47. The van der Waals surface area contributed by atoms with Crippen LogP contribution in [0, 0.1) is 0 Å². The van der Waals surface area contributed by atoms with Gasteiger partial charge in [0.05, 0.1) is 20.8 Å². The van der Waals surface area contributed by atoms with Crippen molar-refractivity contribution in [2.24, 2.45) is 0 Å². The average Bonchev–Trinajstić information content (AvgIpc) is 2.41. The van der Waals surface area contributed by atoms with Crippen LogP contribution < -0.4 is 14.8 Å². The molecule has 2 rings (SSSR count). The largest absolute Gasteiger partial charge is 0.497 e. The van der Waals surface area contributed by atoms with Crippen molar-refractivity contribution in [2.45, 2.75) is 6.54 Å². The summed E-state index contributed by atoms with van der Waals surface area (Å²) in [6, 6.07) is 5.65. The lowest BCUT2D eigenvalue weighted by molar-refractivity contribution is -0.132. The number of ether oxygens (including phenoxy) is 2. The van der Waals surface area contributed by atoms with E-state index < -0.39 is 0 Å². The zero-order valence-corrected chi connectivity index (χ0v) is 10.7. The summed E-state index contributed by atoms with van der Waals surface area (Å²) in [5, 5.41) is 3.05. The van der Waals surface area contributed by atoms with Gasteiger partial charge in [0.15, 0.2) is 0 Å². The number of carbonyl (C=O) groups excluding carboxylic acids is 1. The third-order valence-corrected chi connectivity index (χ3v) is 3.04. The number of nitrogens with zero attached hydrogens (tertiary/aromatic N) is 1. The van der Waals surface area contributed by atoms with Gasteiger partial charge in [-0.3, -0.25) is 4.79 Å². The van der Waals surface area contributed by atoms with E-state index in [1.807, 2.05) is 23.1 Å². The molecule has 0 unspecified atom stereocenters. The lowest BCUT2D eigenvalue weighted by atomic mass is 10.1. The van der Waals surface area contributed by atoms with Crippen LogP contribution in [0.25, 0.3) is 0 Å². The Bertz CT molecular complexity index is 434. The molecule has 5 heteroatoms. The maximum Gasteiger partial charge on any atom is 0.236 e. The number of hydrogen-bond acceptors (Lipinski definition) is 4. The van der Waals surface area contributed by atoms with Gasteiger partial charge in [-0.2, -0.15) is 0 Å². The van der Waals surface area contributed by atoms with Crippen LogP contribution in [0.2, 0.25) is 0 Å². The van der Waals surface area contributed by atoms with Crippen molar-refractivity contribution in [3.05, 3.63) is 23.8 Å². The van der Waals surface area contributed by atoms with Crippen molar-refractivity contribution >= 4 is 5.91 Å². The van der Waals surface area contributed by atoms with E-state index in [4.69, 9.17) is 9.47 Å². The molecule has 0 atom stereocenters. The minimum Gasteiger partial charge on any atom is -0.497 e. The summed E-state index contributed by atoms with van der Waals surface area (Å²) < 4.78 is 10.5. The molecule has 0 saturated carbocycles. The molecule has 1 fully saturated rings. The summed E-state index contributed by atoms with van der Waals surface area (Å²) >= 11 is 0. The van der Waals surface area contributed by atoms with Gasteiger partial charge < -0.3 is 19.7 Å². The number of carbonyl (C=O) groups is 1. The first kappa shape index (κ1) is 12.7. The van der Waals surface area contributed by atoms with Crippen LogP contribution in [0.15, 0.2) is 18.2 Å². The molecule has 0 bridgehead atoms. The molecule has 1 saturated heterocycles. The normalized spacial score (nSPS) is 15.7. The second kappa shape index (κ2) is 5.73. The van der Waals surface area contributed by atoms with Gasteiger partial charge in [0.1, 0.15) is 11.5 Å². The number of methoxy groups -OCH3 is 2. The van der Waals surface area contributed by atoms with Crippen molar-refractivity contribution in [1.29, 1.82) is 0 Å². The highest BCUT2D eigenvalue weighted by molar-refractivity contribution is 5.79. The molecule has 1 aliphatic rings. The van der Waals surface area contributed by atoms with Gasteiger partial charge in [-0.15, -0.1) is 0 Å². The zero-order chi connectivity index (χ0) is 13.0. The topological polar surface area (TPSA) is 50.8 Å². The SMILES string of the molecule is COc1ccc(CN2CCNCC2=O)c(OC)c1. The second-order valence-electron chi connectivity index (χ2n) is 4.17. The predicted octanol–water partition coefficient (Wildman–Crippen LogP) is 0.636. The van der Waals surface area contributed by atoms with Gasteiger partial charge in [0.25, 0.3) is 0 Å². The quantitative estimate of drug-likeness (QED) is 0.852. The maximum atomic E-state index is 11.7. The maximum absolute atomic E-state index is 11.7. The molecule has 1 N–H and O–H groups in total. The van der Waals surface area contributed by atoms with Gasteiger partial charge >= 0.3 is 0 Å². The van der Waals surface area contributed by atoms with Gasteiger partial charge in [0.2, 0.25) is 5.91 Å². The van der Waals surface area contributed by atoms with Gasteiger partial charge in [-0.05, 0) is 12.1 Å². The third kappa shape index (κ3) is 2.73. The third-order valence-electron chi connectivity index (χ3n) is 3.04. The van der Waals surface area contributed by atoms with Crippen LogP contribution in [0.5, 0.6) is 11.5 Å². The van der Waals surface area contributed by atoms with Crippen LogP contribution in [0.1, 0.15) is 5.56 Å². The number of piperazine rings is 1. The van der Waals surface area contributed by atoms with Gasteiger partial charge in [-0.25, -0.2) is 0 Å². The molecule has 0 aliphatic carbocycles. The number of nitrogens with one attached hydrogen (secondary N) is 1. The van der Waals surface area contributed by atoms with E-state index >= 15 is 0 Å². The Kier molecular flexibility index (Phi) is 4.04. The standard InChI is InChI=1S/C13H18N2O3/c1-17-11-4-3-10(12(7-11)18-2)9-15-6-5-14-8-13(15)16/h3-4,7,14H,5-6,8-9H2,1-2H3. The van der Waals surface area contributed by atoms with E-state index in [9.17, 15) is 4.79 Å². The van der Waals surface area contributed by atoms with Crippen LogP contribution in [0.3, 0.4) is 0 Å². The van der Waals surface area contributed by atoms with Crippen molar-refractivity contribution in [2.75, 3.05) is 33.9 Å². The minimum atomic E-state index is 0.124. The van der Waals surface area contributed by atoms with Crippen molar-refractivity contribution in [3.8, 4) is 11.5 Å². The highest BCUT2D eigenvalue weighted by Crippen LogP contribution is 2.25. The Labute approximate surface area is 107 Å². The average molecular weight is 250 g/mol. The summed E-state index contributed by atoms with van der Waals surface area (Å²) in [5.74, 6) is 1.63. The van der Waals surface area contributed by atoms with Crippen LogP contribution in [-0.2, 0) is 11.3 Å². The molecule has 1 heterocycles. The molecule has 0 spiro atoms. The molecule has 1 aliphatic heterocycles. The van der Waals surface area contributed by atoms with Crippen LogP contribution in [0.4, 0.5) is 0 Å². The molecule has 1 amide bonds. The zero-order valence-electron chi connectivity index (χ0n) is 10.7. The molecule has 0 aromatic heterocycles. The summed E-state index contributed by atoms with van der Waals surface area (Å²) in [5.41, 5.74) is 0.994. The molecule has 0 radical (unpaired) electrons. The van der Waals surface area contributed by atoms with E-state index in [-0.39, 0.29) is 5.91 Å². The van der Waals surface area contributed by atoms with Crippen LogP contribution >= 0.6 is 0 Å².